The van der Waals surface area contributed by atoms with E-state index in [-0.39, 0.29) is 11.3 Å². The second kappa shape index (κ2) is 6.46. The van der Waals surface area contributed by atoms with Gasteiger partial charge >= 0.3 is 12.6 Å². The molecule has 0 radical (unpaired) electrons. The summed E-state index contributed by atoms with van der Waals surface area (Å²) < 4.78 is 34.3. The Morgan fingerprint density at radius 1 is 1.09 bits per heavy atom. The zero-order valence-electron chi connectivity index (χ0n) is 12.3. The van der Waals surface area contributed by atoms with E-state index in [4.69, 9.17) is 4.74 Å². The van der Waals surface area contributed by atoms with Crippen LogP contribution in [0.25, 0.3) is 11.1 Å². The first kappa shape index (κ1) is 15.8. The topological polar surface area (TPSA) is 61.3 Å². The van der Waals surface area contributed by atoms with E-state index in [1.807, 2.05) is 0 Å². The van der Waals surface area contributed by atoms with Crippen LogP contribution in [0.5, 0.6) is 5.75 Å². The van der Waals surface area contributed by atoms with Crippen molar-refractivity contribution in [1.29, 1.82) is 0 Å². The summed E-state index contributed by atoms with van der Waals surface area (Å²) in [5, 5.41) is 0. The average molecular weight is 308 g/mol. The second-order valence-corrected chi connectivity index (χ2v) is 4.56. The normalized spacial score (nSPS) is 10.6. The molecule has 0 spiro atoms. The molecule has 0 aliphatic rings. The molecule has 0 fully saturated rings. The van der Waals surface area contributed by atoms with Gasteiger partial charge in [0.05, 0.1) is 18.9 Å². The third kappa shape index (κ3) is 3.36. The Morgan fingerprint density at radius 2 is 1.68 bits per heavy atom. The largest absolute Gasteiger partial charge is 0.465 e. The van der Waals surface area contributed by atoms with Crippen LogP contribution in [-0.2, 0) is 4.74 Å². The number of halogens is 2. The minimum Gasteiger partial charge on any atom is -0.465 e. The molecule has 116 valence electrons. The molecule has 0 aliphatic carbocycles. The number of aromatic nitrogens is 2. The molecule has 5 nitrogen and oxygen atoms in total. The lowest BCUT2D eigenvalue weighted by Crippen LogP contribution is -2.08. The van der Waals surface area contributed by atoms with E-state index >= 15 is 0 Å². The van der Waals surface area contributed by atoms with Crippen LogP contribution >= 0.6 is 0 Å². The Balaban J connectivity index is 2.67. The van der Waals surface area contributed by atoms with Crippen LogP contribution in [0.1, 0.15) is 21.7 Å². The lowest BCUT2D eigenvalue weighted by atomic mass is 10.00. The summed E-state index contributed by atoms with van der Waals surface area (Å²) in [7, 11) is 1.24. The summed E-state index contributed by atoms with van der Waals surface area (Å²) in [5.41, 5.74) is 2.12. The number of pyridine rings is 2. The van der Waals surface area contributed by atoms with Gasteiger partial charge in [-0.2, -0.15) is 8.78 Å². The van der Waals surface area contributed by atoms with Crippen LogP contribution in [0.3, 0.4) is 0 Å². The van der Waals surface area contributed by atoms with E-state index in [1.54, 1.807) is 26.0 Å². The van der Waals surface area contributed by atoms with Gasteiger partial charge < -0.3 is 9.47 Å². The van der Waals surface area contributed by atoms with Crippen molar-refractivity contribution >= 4 is 5.97 Å². The van der Waals surface area contributed by atoms with Crippen LogP contribution in [-0.4, -0.2) is 29.7 Å². The van der Waals surface area contributed by atoms with Crippen LogP contribution in [0.4, 0.5) is 8.78 Å². The van der Waals surface area contributed by atoms with Crippen molar-refractivity contribution in [3.8, 4) is 16.9 Å². The predicted octanol–water partition coefficient (Wildman–Crippen LogP) is 3.15. The van der Waals surface area contributed by atoms with Gasteiger partial charge in [0.15, 0.2) is 5.75 Å². The van der Waals surface area contributed by atoms with Crippen molar-refractivity contribution in [3.63, 3.8) is 0 Å². The zero-order chi connectivity index (χ0) is 16.3. The molecular formula is C15H14F2N2O3. The molecule has 0 saturated heterocycles. The van der Waals surface area contributed by atoms with Gasteiger partial charge in [0.25, 0.3) is 0 Å². The Kier molecular flexibility index (Phi) is 4.65. The van der Waals surface area contributed by atoms with E-state index < -0.39 is 12.6 Å². The van der Waals surface area contributed by atoms with Crippen molar-refractivity contribution in [2.45, 2.75) is 20.5 Å². The quantitative estimate of drug-likeness (QED) is 0.812. The number of ether oxygens (including phenoxy) is 2. The number of rotatable bonds is 4. The maximum Gasteiger partial charge on any atom is 0.387 e. The smallest absolute Gasteiger partial charge is 0.387 e. The molecule has 0 aliphatic heterocycles. The maximum absolute atomic E-state index is 12.6. The zero-order valence-corrected chi connectivity index (χ0v) is 12.3. The molecular weight excluding hydrogens is 294 g/mol. The number of hydrogen-bond donors (Lipinski definition) is 0. The number of hydrogen-bond acceptors (Lipinski definition) is 5. The first-order valence-corrected chi connectivity index (χ1v) is 6.39. The molecule has 0 bridgehead atoms. The third-order valence-electron chi connectivity index (χ3n) is 2.96. The van der Waals surface area contributed by atoms with Crippen LogP contribution < -0.4 is 4.74 Å². The van der Waals surface area contributed by atoms with Crippen LogP contribution in [0.2, 0.25) is 0 Å². The Labute approximate surface area is 125 Å². The highest BCUT2D eigenvalue weighted by Crippen LogP contribution is 2.34. The first-order chi connectivity index (χ1) is 10.4. The number of nitrogens with zero attached hydrogens (tertiary/aromatic N) is 2. The first-order valence-electron chi connectivity index (χ1n) is 6.39. The third-order valence-corrected chi connectivity index (χ3v) is 2.96. The van der Waals surface area contributed by atoms with Gasteiger partial charge in [-0.3, -0.25) is 9.97 Å². The van der Waals surface area contributed by atoms with Gasteiger partial charge in [0.1, 0.15) is 0 Å². The van der Waals surface area contributed by atoms with E-state index in [0.29, 0.717) is 22.5 Å². The number of esters is 1. The summed E-state index contributed by atoms with van der Waals surface area (Å²) in [5.74, 6) is -0.726. The SMILES string of the molecule is COC(=O)c1cnc(C)cc1-c1cc(C)ncc1OC(F)F. The molecule has 0 aromatic carbocycles. The fourth-order valence-corrected chi connectivity index (χ4v) is 2.00. The summed E-state index contributed by atoms with van der Waals surface area (Å²) in [6.45, 7) is 0.445. The number of methoxy groups -OCH3 is 1. The number of carbonyl (C=O) groups excluding carboxylic acids is 1. The summed E-state index contributed by atoms with van der Waals surface area (Å²) in [6.07, 6.45) is 2.55. The number of carbonyl (C=O) groups is 1. The number of aryl methyl sites for hydroxylation is 2. The highest BCUT2D eigenvalue weighted by molar-refractivity contribution is 5.97. The molecule has 2 aromatic heterocycles. The van der Waals surface area contributed by atoms with Crippen molar-refractivity contribution in [2.75, 3.05) is 7.11 Å². The van der Waals surface area contributed by atoms with E-state index in [0.717, 1.165) is 0 Å². The van der Waals surface area contributed by atoms with Crippen molar-refractivity contribution < 1.29 is 23.0 Å². The van der Waals surface area contributed by atoms with Crippen LogP contribution in [0, 0.1) is 13.8 Å². The Bertz CT molecular complexity index is 705. The molecule has 0 unspecified atom stereocenters. The van der Waals surface area contributed by atoms with Gasteiger partial charge in [-0.15, -0.1) is 0 Å². The van der Waals surface area contributed by atoms with E-state index in [2.05, 4.69) is 14.7 Å². The Morgan fingerprint density at radius 3 is 2.27 bits per heavy atom. The summed E-state index contributed by atoms with van der Waals surface area (Å²) in [6, 6.07) is 3.18. The minimum absolute atomic E-state index is 0.114. The molecule has 2 rings (SSSR count). The van der Waals surface area contributed by atoms with E-state index in [9.17, 15) is 13.6 Å². The van der Waals surface area contributed by atoms with Crippen molar-refractivity contribution in [3.05, 3.63) is 41.5 Å². The second-order valence-electron chi connectivity index (χ2n) is 4.56. The molecule has 22 heavy (non-hydrogen) atoms. The summed E-state index contributed by atoms with van der Waals surface area (Å²) >= 11 is 0. The molecule has 2 aromatic rings. The molecule has 0 saturated carbocycles. The van der Waals surface area contributed by atoms with Gasteiger partial charge in [-0.1, -0.05) is 0 Å². The molecule has 2 heterocycles. The molecule has 0 amide bonds. The van der Waals surface area contributed by atoms with Gasteiger partial charge in [0.2, 0.25) is 0 Å². The Hall–Kier alpha value is -2.57. The van der Waals surface area contributed by atoms with Gasteiger partial charge in [-0.05, 0) is 26.0 Å². The molecule has 7 heteroatoms. The fraction of sp³-hybridized carbons (Fsp3) is 0.267. The molecule has 0 atom stereocenters. The van der Waals surface area contributed by atoms with Crippen molar-refractivity contribution in [1.82, 2.24) is 9.97 Å². The fourth-order valence-electron chi connectivity index (χ4n) is 2.00. The highest BCUT2D eigenvalue weighted by atomic mass is 19.3. The highest BCUT2D eigenvalue weighted by Gasteiger charge is 2.19. The summed E-state index contributed by atoms with van der Waals surface area (Å²) in [4.78, 5) is 19.9. The van der Waals surface area contributed by atoms with E-state index in [1.165, 1.54) is 19.5 Å². The van der Waals surface area contributed by atoms with Crippen molar-refractivity contribution in [2.24, 2.45) is 0 Å². The standard InChI is InChI=1S/C15H14F2N2O3/c1-8-4-10(12(6-18-8)14(20)21-3)11-5-9(2)19-7-13(11)22-15(16)17/h4-7,15H,1-3H3. The lowest BCUT2D eigenvalue weighted by molar-refractivity contribution is -0.0496. The average Bonchev–Trinajstić information content (AvgIpc) is 2.47. The molecule has 0 N–H and O–H groups in total. The van der Waals surface area contributed by atoms with Gasteiger partial charge in [0, 0.05) is 28.7 Å². The van der Waals surface area contributed by atoms with Gasteiger partial charge in [-0.25, -0.2) is 4.79 Å². The minimum atomic E-state index is -2.99. The maximum atomic E-state index is 12.6. The number of alkyl halides is 2. The predicted molar refractivity (Wildman–Crippen MR) is 74.9 cm³/mol. The monoisotopic (exact) mass is 308 g/mol. The lowest BCUT2D eigenvalue weighted by Gasteiger charge is -2.14. The van der Waals surface area contributed by atoms with Crippen LogP contribution in [0.15, 0.2) is 24.5 Å².